The SMILES string of the molecule is CSC(C)C(=O)CCCCC(=O)ON1C(=O)CCC1=O. The second kappa shape index (κ2) is 8.04. The van der Waals surface area contributed by atoms with Gasteiger partial charge in [0.2, 0.25) is 0 Å². The number of hydroxylamine groups is 2. The second-order valence-electron chi connectivity index (χ2n) is 4.60. The number of hydrogen-bond acceptors (Lipinski definition) is 6. The van der Waals surface area contributed by atoms with E-state index < -0.39 is 17.8 Å². The number of Topliss-reactive ketones (excluding diaryl/α,β-unsaturated/α-hetero) is 1. The van der Waals surface area contributed by atoms with E-state index >= 15 is 0 Å². The van der Waals surface area contributed by atoms with Gasteiger partial charge in [0.25, 0.3) is 11.8 Å². The Kier molecular flexibility index (Phi) is 6.70. The van der Waals surface area contributed by atoms with Crippen LogP contribution in [0.5, 0.6) is 0 Å². The van der Waals surface area contributed by atoms with Crippen molar-refractivity contribution in [2.24, 2.45) is 0 Å². The molecule has 0 bridgehead atoms. The molecular weight excluding hydrogens is 282 g/mol. The van der Waals surface area contributed by atoms with Crippen LogP contribution in [-0.2, 0) is 24.0 Å². The van der Waals surface area contributed by atoms with Gasteiger partial charge in [-0.2, -0.15) is 11.8 Å². The van der Waals surface area contributed by atoms with Crippen LogP contribution >= 0.6 is 11.8 Å². The molecule has 1 atom stereocenters. The Labute approximate surface area is 122 Å². The maximum absolute atomic E-state index is 11.5. The van der Waals surface area contributed by atoms with Crippen LogP contribution in [0.15, 0.2) is 0 Å². The van der Waals surface area contributed by atoms with Crippen LogP contribution in [-0.4, -0.2) is 40.1 Å². The van der Waals surface area contributed by atoms with Crippen LogP contribution in [0.25, 0.3) is 0 Å². The van der Waals surface area contributed by atoms with Gasteiger partial charge in [0.15, 0.2) is 0 Å². The zero-order valence-corrected chi connectivity index (χ0v) is 12.5. The molecule has 1 saturated heterocycles. The molecule has 0 N–H and O–H groups in total. The number of nitrogens with zero attached hydrogens (tertiary/aromatic N) is 1. The van der Waals surface area contributed by atoms with Crippen LogP contribution in [0.3, 0.4) is 0 Å². The van der Waals surface area contributed by atoms with E-state index in [1.54, 1.807) is 0 Å². The Bertz CT molecular complexity index is 394. The van der Waals surface area contributed by atoms with Gasteiger partial charge in [-0.3, -0.25) is 14.4 Å². The van der Waals surface area contributed by atoms with Gasteiger partial charge in [-0.05, 0) is 26.0 Å². The predicted molar refractivity (Wildman–Crippen MR) is 73.6 cm³/mol. The number of hydrogen-bond donors (Lipinski definition) is 0. The standard InChI is InChI=1S/C13H19NO5S/c1-9(20-2)10(15)5-3-4-6-13(18)19-14-11(16)7-8-12(14)17/h9H,3-8H2,1-2H3. The van der Waals surface area contributed by atoms with Crippen molar-refractivity contribution in [2.45, 2.75) is 50.7 Å². The largest absolute Gasteiger partial charge is 0.333 e. The molecule has 0 saturated carbocycles. The minimum absolute atomic E-state index is 0.0261. The zero-order chi connectivity index (χ0) is 15.1. The van der Waals surface area contributed by atoms with Gasteiger partial charge >= 0.3 is 5.97 Å². The summed E-state index contributed by atoms with van der Waals surface area (Å²) in [4.78, 5) is 50.2. The molecule has 0 spiro atoms. The molecule has 7 heteroatoms. The van der Waals surface area contributed by atoms with Crippen LogP contribution in [0.2, 0.25) is 0 Å². The third kappa shape index (κ3) is 4.96. The van der Waals surface area contributed by atoms with Crippen LogP contribution in [0.4, 0.5) is 0 Å². The summed E-state index contributed by atoms with van der Waals surface area (Å²) in [6.07, 6.45) is 3.68. The second-order valence-corrected chi connectivity index (χ2v) is 5.78. The molecule has 2 amide bonds. The Hall–Kier alpha value is -1.37. The number of unbranched alkanes of at least 4 members (excludes halogenated alkanes) is 1. The Morgan fingerprint density at radius 3 is 2.30 bits per heavy atom. The van der Waals surface area contributed by atoms with Gasteiger partial charge in [0, 0.05) is 25.7 Å². The molecule has 0 aromatic carbocycles. The molecule has 112 valence electrons. The molecule has 6 nitrogen and oxygen atoms in total. The highest BCUT2D eigenvalue weighted by atomic mass is 32.2. The molecule has 1 rings (SSSR count). The lowest BCUT2D eigenvalue weighted by Gasteiger charge is -2.12. The monoisotopic (exact) mass is 301 g/mol. The van der Waals surface area contributed by atoms with Gasteiger partial charge in [0.1, 0.15) is 5.78 Å². The number of amides is 2. The van der Waals surface area contributed by atoms with Crippen LogP contribution in [0, 0.1) is 0 Å². The molecule has 1 heterocycles. The highest BCUT2D eigenvalue weighted by Crippen LogP contribution is 2.14. The molecular formula is C13H19NO5S. The summed E-state index contributed by atoms with van der Waals surface area (Å²) in [6, 6.07) is 0. The van der Waals surface area contributed by atoms with Crippen molar-refractivity contribution in [3.63, 3.8) is 0 Å². The van der Waals surface area contributed by atoms with Crippen molar-refractivity contribution in [1.29, 1.82) is 0 Å². The van der Waals surface area contributed by atoms with Gasteiger partial charge in [0.05, 0.1) is 5.25 Å². The maximum Gasteiger partial charge on any atom is 0.333 e. The maximum atomic E-state index is 11.5. The Balaban J connectivity index is 2.19. The first-order valence-corrected chi connectivity index (χ1v) is 7.86. The van der Waals surface area contributed by atoms with Crippen molar-refractivity contribution in [1.82, 2.24) is 5.06 Å². The first-order chi connectivity index (χ1) is 9.45. The summed E-state index contributed by atoms with van der Waals surface area (Å²) in [5, 5.41) is 0.519. The number of imide groups is 1. The predicted octanol–water partition coefficient (Wildman–Crippen LogP) is 1.47. The van der Waals surface area contributed by atoms with E-state index in [0.29, 0.717) is 24.3 Å². The lowest BCUT2D eigenvalue weighted by molar-refractivity contribution is -0.197. The van der Waals surface area contributed by atoms with E-state index in [-0.39, 0.29) is 30.3 Å². The topological polar surface area (TPSA) is 80.8 Å². The highest BCUT2D eigenvalue weighted by Gasteiger charge is 2.32. The average molecular weight is 301 g/mol. The van der Waals surface area contributed by atoms with E-state index in [1.165, 1.54) is 11.8 Å². The number of thioether (sulfide) groups is 1. The van der Waals surface area contributed by atoms with Gasteiger partial charge in [-0.1, -0.05) is 0 Å². The summed E-state index contributed by atoms with van der Waals surface area (Å²) in [5.74, 6) is -1.41. The van der Waals surface area contributed by atoms with E-state index in [9.17, 15) is 19.2 Å². The van der Waals surface area contributed by atoms with E-state index in [0.717, 1.165) is 0 Å². The molecule has 20 heavy (non-hydrogen) atoms. The quantitative estimate of drug-likeness (QED) is 0.499. The number of ketones is 1. The fraction of sp³-hybridized carbons (Fsp3) is 0.692. The summed E-state index contributed by atoms with van der Waals surface area (Å²) in [6.45, 7) is 1.85. The van der Waals surface area contributed by atoms with E-state index in [1.807, 2.05) is 13.2 Å². The molecule has 0 aromatic heterocycles. The number of carbonyl (C=O) groups is 4. The third-order valence-electron chi connectivity index (χ3n) is 3.06. The first kappa shape index (κ1) is 16.7. The highest BCUT2D eigenvalue weighted by molar-refractivity contribution is 7.99. The normalized spacial score (nSPS) is 16.4. The van der Waals surface area contributed by atoms with Crippen molar-refractivity contribution in [3.8, 4) is 0 Å². The molecule has 1 fully saturated rings. The first-order valence-electron chi connectivity index (χ1n) is 6.57. The van der Waals surface area contributed by atoms with Crippen LogP contribution < -0.4 is 0 Å². The van der Waals surface area contributed by atoms with Crippen LogP contribution in [0.1, 0.15) is 45.4 Å². The van der Waals surface area contributed by atoms with Crippen molar-refractivity contribution in [2.75, 3.05) is 6.26 Å². The number of rotatable bonds is 8. The number of carbonyl (C=O) groups excluding carboxylic acids is 4. The molecule has 0 aliphatic carbocycles. The third-order valence-corrected chi connectivity index (χ3v) is 4.03. The van der Waals surface area contributed by atoms with E-state index in [4.69, 9.17) is 4.84 Å². The lowest BCUT2D eigenvalue weighted by atomic mass is 10.1. The Morgan fingerprint density at radius 2 is 1.75 bits per heavy atom. The lowest BCUT2D eigenvalue weighted by Crippen LogP contribution is -2.31. The Morgan fingerprint density at radius 1 is 1.20 bits per heavy atom. The summed E-state index contributed by atoms with van der Waals surface area (Å²) < 4.78 is 0. The zero-order valence-electron chi connectivity index (χ0n) is 11.7. The molecule has 0 radical (unpaired) electrons. The molecule has 1 unspecified atom stereocenters. The van der Waals surface area contributed by atoms with Crippen molar-refractivity contribution < 1.29 is 24.0 Å². The fourth-order valence-corrected chi connectivity index (χ4v) is 2.09. The van der Waals surface area contributed by atoms with Gasteiger partial charge in [-0.15, -0.1) is 5.06 Å². The summed E-state index contributed by atoms with van der Waals surface area (Å²) in [5.41, 5.74) is 0. The average Bonchev–Trinajstić information content (AvgIpc) is 2.74. The van der Waals surface area contributed by atoms with E-state index in [2.05, 4.69) is 0 Å². The minimum atomic E-state index is -0.612. The molecule has 1 aliphatic rings. The summed E-state index contributed by atoms with van der Waals surface area (Å²) in [7, 11) is 0. The van der Waals surface area contributed by atoms with Crippen molar-refractivity contribution in [3.05, 3.63) is 0 Å². The minimum Gasteiger partial charge on any atom is -0.330 e. The molecule has 1 aliphatic heterocycles. The van der Waals surface area contributed by atoms with Gasteiger partial charge in [-0.25, -0.2) is 4.79 Å². The fourth-order valence-electron chi connectivity index (χ4n) is 1.71. The molecule has 0 aromatic rings. The van der Waals surface area contributed by atoms with Crippen molar-refractivity contribution >= 4 is 35.3 Å². The smallest absolute Gasteiger partial charge is 0.330 e. The van der Waals surface area contributed by atoms with Gasteiger partial charge < -0.3 is 4.84 Å². The summed E-state index contributed by atoms with van der Waals surface area (Å²) >= 11 is 1.50.